The van der Waals surface area contributed by atoms with Gasteiger partial charge in [0.25, 0.3) is 10.0 Å². The van der Waals surface area contributed by atoms with E-state index in [-0.39, 0.29) is 17.5 Å². The van der Waals surface area contributed by atoms with Gasteiger partial charge in [-0.15, -0.1) is 0 Å². The fourth-order valence-electron chi connectivity index (χ4n) is 3.37. The Labute approximate surface area is 195 Å². The van der Waals surface area contributed by atoms with Crippen LogP contribution in [0.1, 0.15) is 36.1 Å². The second-order valence-corrected chi connectivity index (χ2v) is 10.0. The molecule has 0 bridgehead atoms. The first-order chi connectivity index (χ1) is 15.2. The average Bonchev–Trinajstić information content (AvgIpc) is 2.76. The Morgan fingerprint density at radius 2 is 1.56 bits per heavy atom. The maximum absolute atomic E-state index is 13.5. The van der Waals surface area contributed by atoms with Gasteiger partial charge in [0, 0.05) is 5.02 Å². The summed E-state index contributed by atoms with van der Waals surface area (Å²) in [4.78, 5) is 13.1. The number of halogens is 1. The number of benzene rings is 3. The topological polar surface area (TPSA) is 66.5 Å². The number of rotatable bonds is 8. The fraction of sp³-hybridized carbons (Fsp3) is 0.240. The highest BCUT2D eigenvalue weighted by Crippen LogP contribution is 2.26. The molecule has 3 rings (SSSR count). The first-order valence-electron chi connectivity index (χ1n) is 10.4. The number of amides is 1. The number of nitrogens with one attached hydrogen (secondary N) is 1. The molecule has 3 aromatic carbocycles. The summed E-state index contributed by atoms with van der Waals surface area (Å²) in [5.41, 5.74) is 3.38. The van der Waals surface area contributed by atoms with Crippen molar-refractivity contribution in [1.82, 2.24) is 5.32 Å². The Morgan fingerprint density at radius 3 is 2.12 bits per heavy atom. The van der Waals surface area contributed by atoms with Gasteiger partial charge in [0.05, 0.1) is 16.6 Å². The van der Waals surface area contributed by atoms with E-state index in [1.807, 2.05) is 45.0 Å². The van der Waals surface area contributed by atoms with Gasteiger partial charge >= 0.3 is 0 Å². The first kappa shape index (κ1) is 23.8. The van der Waals surface area contributed by atoms with Crippen molar-refractivity contribution in [3.63, 3.8) is 0 Å². The summed E-state index contributed by atoms with van der Waals surface area (Å²) in [5.74, 6) is -0.395. The highest BCUT2D eigenvalue weighted by atomic mass is 35.5. The monoisotopic (exact) mass is 470 g/mol. The van der Waals surface area contributed by atoms with Crippen molar-refractivity contribution in [3.8, 4) is 0 Å². The minimum absolute atomic E-state index is 0.112. The number of anilines is 1. The highest BCUT2D eigenvalue weighted by Gasteiger charge is 2.28. The molecule has 5 nitrogen and oxygen atoms in total. The standard InChI is InChI=1S/C25H27ClN2O3S/c1-4-24(20-12-8-18(2)9-13-20)27-25(29)17-28(22-7-5-6-21(26)16-22)32(30,31)23-14-10-19(3)11-15-23/h5-16,24H,4,17H2,1-3H3,(H,27,29)/t24-/m1/s1. The molecule has 7 heteroatoms. The van der Waals surface area contributed by atoms with Crippen LogP contribution in [0.4, 0.5) is 5.69 Å². The summed E-state index contributed by atoms with van der Waals surface area (Å²) in [6.07, 6.45) is 0.677. The van der Waals surface area contributed by atoms with Crippen molar-refractivity contribution < 1.29 is 13.2 Å². The molecule has 0 saturated heterocycles. The van der Waals surface area contributed by atoms with Crippen molar-refractivity contribution in [2.24, 2.45) is 0 Å². The second-order valence-electron chi connectivity index (χ2n) is 7.74. The summed E-state index contributed by atoms with van der Waals surface area (Å²) in [7, 11) is -3.98. The van der Waals surface area contributed by atoms with E-state index in [0.29, 0.717) is 17.1 Å². The number of nitrogens with zero attached hydrogens (tertiary/aromatic N) is 1. The molecule has 0 spiro atoms. The van der Waals surface area contributed by atoms with Gasteiger partial charge in [-0.05, 0) is 56.2 Å². The molecule has 0 fully saturated rings. The largest absolute Gasteiger partial charge is 0.348 e. The van der Waals surface area contributed by atoms with Crippen LogP contribution >= 0.6 is 11.6 Å². The van der Waals surface area contributed by atoms with E-state index in [1.54, 1.807) is 42.5 Å². The van der Waals surface area contributed by atoms with Crippen molar-refractivity contribution in [3.05, 3.63) is 94.5 Å². The highest BCUT2D eigenvalue weighted by molar-refractivity contribution is 7.92. The summed E-state index contributed by atoms with van der Waals surface area (Å²) in [6, 6.07) is 20.7. The number of sulfonamides is 1. The molecule has 0 aliphatic carbocycles. The van der Waals surface area contributed by atoms with Crippen LogP contribution in [0.2, 0.25) is 5.02 Å². The lowest BCUT2D eigenvalue weighted by atomic mass is 10.0. The summed E-state index contributed by atoms with van der Waals surface area (Å²) in [6.45, 7) is 5.50. The van der Waals surface area contributed by atoms with E-state index in [4.69, 9.17) is 11.6 Å². The molecule has 0 unspecified atom stereocenters. The zero-order valence-corrected chi connectivity index (χ0v) is 20.0. The fourth-order valence-corrected chi connectivity index (χ4v) is 4.97. The number of hydrogen-bond acceptors (Lipinski definition) is 3. The van der Waals surface area contributed by atoms with Gasteiger partial charge in [-0.1, -0.05) is 72.1 Å². The van der Waals surface area contributed by atoms with Crippen LogP contribution in [-0.2, 0) is 14.8 Å². The van der Waals surface area contributed by atoms with Crippen LogP contribution in [0.3, 0.4) is 0 Å². The predicted molar refractivity (Wildman–Crippen MR) is 130 cm³/mol. The van der Waals surface area contributed by atoms with Crippen molar-refractivity contribution in [2.45, 2.75) is 38.1 Å². The Bertz CT molecular complexity index is 1180. The molecule has 0 aliphatic rings. The summed E-state index contributed by atoms with van der Waals surface area (Å²) in [5, 5.41) is 3.36. The van der Waals surface area contributed by atoms with Crippen molar-refractivity contribution in [1.29, 1.82) is 0 Å². The lowest BCUT2D eigenvalue weighted by Crippen LogP contribution is -2.42. The molecule has 0 aliphatic heterocycles. The van der Waals surface area contributed by atoms with Crippen LogP contribution in [0.25, 0.3) is 0 Å². The lowest BCUT2D eigenvalue weighted by Gasteiger charge is -2.26. The van der Waals surface area contributed by atoms with Crippen LogP contribution in [0.5, 0.6) is 0 Å². The SMILES string of the molecule is CC[C@@H](NC(=O)CN(c1cccc(Cl)c1)S(=O)(=O)c1ccc(C)cc1)c1ccc(C)cc1. The quantitative estimate of drug-likeness (QED) is 0.478. The number of hydrogen-bond donors (Lipinski definition) is 1. The Balaban J connectivity index is 1.91. The third-order valence-corrected chi connectivity index (χ3v) is 7.24. The molecule has 1 N–H and O–H groups in total. The van der Waals surface area contributed by atoms with Gasteiger partial charge in [0.1, 0.15) is 6.54 Å². The summed E-state index contributed by atoms with van der Waals surface area (Å²) >= 11 is 6.12. The van der Waals surface area contributed by atoms with E-state index < -0.39 is 15.9 Å². The van der Waals surface area contributed by atoms with E-state index >= 15 is 0 Å². The molecule has 32 heavy (non-hydrogen) atoms. The maximum atomic E-state index is 13.5. The number of carbonyl (C=O) groups excluding carboxylic acids is 1. The molecule has 1 amide bonds. The molecule has 0 heterocycles. The summed E-state index contributed by atoms with van der Waals surface area (Å²) < 4.78 is 28.0. The molecule has 3 aromatic rings. The lowest BCUT2D eigenvalue weighted by molar-refractivity contribution is -0.120. The molecule has 0 radical (unpaired) electrons. The Kier molecular flexibility index (Phi) is 7.59. The normalized spacial score (nSPS) is 12.2. The van der Waals surface area contributed by atoms with Gasteiger partial charge in [-0.2, -0.15) is 0 Å². The minimum Gasteiger partial charge on any atom is -0.348 e. The minimum atomic E-state index is -3.98. The third-order valence-electron chi connectivity index (χ3n) is 5.22. The second kappa shape index (κ2) is 10.2. The molecular weight excluding hydrogens is 444 g/mol. The Hall–Kier alpha value is -2.83. The van der Waals surface area contributed by atoms with Crippen LogP contribution in [-0.4, -0.2) is 20.9 Å². The zero-order valence-electron chi connectivity index (χ0n) is 18.4. The van der Waals surface area contributed by atoms with Gasteiger partial charge in [-0.25, -0.2) is 8.42 Å². The van der Waals surface area contributed by atoms with Gasteiger partial charge in [0.2, 0.25) is 5.91 Å². The van der Waals surface area contributed by atoms with Gasteiger partial charge in [-0.3, -0.25) is 9.10 Å². The third kappa shape index (κ3) is 5.69. The van der Waals surface area contributed by atoms with Crippen LogP contribution in [0.15, 0.2) is 77.7 Å². The van der Waals surface area contributed by atoms with Crippen molar-refractivity contribution >= 4 is 33.2 Å². The van der Waals surface area contributed by atoms with Crippen molar-refractivity contribution in [2.75, 3.05) is 10.8 Å². The Morgan fingerprint density at radius 1 is 0.969 bits per heavy atom. The van der Waals surface area contributed by atoms with Gasteiger partial charge < -0.3 is 5.32 Å². The average molecular weight is 471 g/mol. The first-order valence-corrected chi connectivity index (χ1v) is 12.2. The molecule has 1 atom stereocenters. The number of carbonyl (C=O) groups is 1. The molecular formula is C25H27ClN2O3S. The number of aryl methyl sites for hydroxylation is 2. The molecule has 0 saturated carbocycles. The predicted octanol–water partition coefficient (Wildman–Crippen LogP) is 5.42. The van der Waals surface area contributed by atoms with Crippen LogP contribution < -0.4 is 9.62 Å². The molecule has 0 aromatic heterocycles. The van der Waals surface area contributed by atoms with Crippen LogP contribution in [0, 0.1) is 13.8 Å². The van der Waals surface area contributed by atoms with E-state index in [2.05, 4.69) is 5.32 Å². The maximum Gasteiger partial charge on any atom is 0.264 e. The van der Waals surface area contributed by atoms with E-state index in [9.17, 15) is 13.2 Å². The van der Waals surface area contributed by atoms with E-state index in [1.165, 1.54) is 6.07 Å². The van der Waals surface area contributed by atoms with E-state index in [0.717, 1.165) is 21.0 Å². The van der Waals surface area contributed by atoms with Gasteiger partial charge in [0.15, 0.2) is 0 Å². The molecule has 168 valence electrons. The zero-order chi connectivity index (χ0) is 23.3. The smallest absolute Gasteiger partial charge is 0.264 e.